The summed E-state index contributed by atoms with van der Waals surface area (Å²) in [5, 5.41) is 0.780. The molecular formula is C45H45N3O4S6. The fraction of sp³-hybridized carbons (Fsp3) is 0.244. The monoisotopic (exact) mass is 883 g/mol. The van der Waals surface area contributed by atoms with Gasteiger partial charge < -0.3 is 19.6 Å². The normalized spacial score (nSPS) is 13.0. The van der Waals surface area contributed by atoms with E-state index in [0.717, 1.165) is 42.6 Å². The van der Waals surface area contributed by atoms with Gasteiger partial charge in [-0.2, -0.15) is 0 Å². The molecule has 3 aliphatic heterocycles. The fourth-order valence-corrected chi connectivity index (χ4v) is 14.6. The van der Waals surface area contributed by atoms with Gasteiger partial charge in [-0.25, -0.2) is 0 Å². The Labute approximate surface area is 364 Å². The maximum absolute atomic E-state index is 13.8. The highest BCUT2D eigenvalue weighted by molar-refractivity contribution is 8.45. The van der Waals surface area contributed by atoms with Gasteiger partial charge in [-0.05, 0) is 53.2 Å². The number of carbonyl (C=O) groups is 1. The van der Waals surface area contributed by atoms with Crippen LogP contribution in [0.15, 0.2) is 118 Å². The van der Waals surface area contributed by atoms with Crippen LogP contribution in [-0.4, -0.2) is 22.4 Å². The Morgan fingerprint density at radius 1 is 0.707 bits per heavy atom. The minimum atomic E-state index is -0.362. The van der Waals surface area contributed by atoms with Gasteiger partial charge in [0.25, 0.3) is 5.91 Å². The lowest BCUT2D eigenvalue weighted by molar-refractivity contribution is 0.0942. The summed E-state index contributed by atoms with van der Waals surface area (Å²) in [6.07, 6.45) is 8.54. The zero-order chi connectivity index (χ0) is 39.9. The number of ether oxygens (including phenoxy) is 3. The predicted octanol–water partition coefficient (Wildman–Crippen LogP) is 11.1. The summed E-state index contributed by atoms with van der Waals surface area (Å²) in [6.45, 7) is 5.36. The molecular weight excluding hydrogens is 839 g/mol. The van der Waals surface area contributed by atoms with Crippen LogP contribution in [0, 0.1) is 9.06 Å². The average Bonchev–Trinajstić information content (AvgIpc) is 3.98. The first-order valence-corrected chi connectivity index (χ1v) is 24.5. The van der Waals surface area contributed by atoms with Crippen molar-refractivity contribution in [3.05, 3.63) is 158 Å². The molecule has 0 spiro atoms. The molecule has 58 heavy (non-hydrogen) atoms. The van der Waals surface area contributed by atoms with Crippen LogP contribution in [0.1, 0.15) is 66.6 Å². The zero-order valence-corrected chi connectivity index (χ0v) is 37.3. The topological polar surface area (TPSA) is 81.7 Å². The van der Waals surface area contributed by atoms with Crippen molar-refractivity contribution in [3.63, 3.8) is 0 Å². The highest BCUT2D eigenvalue weighted by atomic mass is 32.3. The van der Waals surface area contributed by atoms with Crippen molar-refractivity contribution in [2.75, 3.05) is 11.5 Å². The van der Waals surface area contributed by atoms with Crippen LogP contribution in [0.3, 0.4) is 0 Å². The van der Waals surface area contributed by atoms with Gasteiger partial charge in [0, 0.05) is 18.0 Å². The average molecular weight is 884 g/mol. The zero-order valence-electron chi connectivity index (χ0n) is 32.4. The molecule has 7 rings (SSSR count). The van der Waals surface area contributed by atoms with E-state index in [1.165, 1.54) is 42.2 Å². The summed E-state index contributed by atoms with van der Waals surface area (Å²) in [5.74, 6) is 3.18. The maximum Gasteiger partial charge on any atom is 0.269 e. The molecule has 0 unspecified atom stereocenters. The largest absolute Gasteiger partial charge is 0.485 e. The van der Waals surface area contributed by atoms with Crippen molar-refractivity contribution in [1.82, 2.24) is 15.8 Å². The first kappa shape index (κ1) is 42.2. The molecule has 2 N–H and O–H groups in total. The molecule has 0 aromatic heterocycles. The molecule has 4 aromatic rings. The number of hydrogen-bond donors (Lipinski definition) is 2. The SMILES string of the molecule is CCCCSC1=C(SCCCC)SC(=c2sc3cn/c(=C/NNC(=O)c4cc(OCc5ccccc5)c(OCc5ccccc5)c(OCc5ccccc5)c4)c=3s2)S1. The Balaban J connectivity index is 1.12. The molecule has 0 bridgehead atoms. The maximum atomic E-state index is 13.8. The highest BCUT2D eigenvalue weighted by Crippen LogP contribution is 2.58. The van der Waals surface area contributed by atoms with Crippen LogP contribution in [0.25, 0.3) is 10.4 Å². The van der Waals surface area contributed by atoms with E-state index in [1.807, 2.05) is 144 Å². The van der Waals surface area contributed by atoms with Gasteiger partial charge >= 0.3 is 0 Å². The van der Waals surface area contributed by atoms with Gasteiger partial charge in [0.15, 0.2) is 11.5 Å². The van der Waals surface area contributed by atoms with E-state index in [0.29, 0.717) is 29.4 Å². The summed E-state index contributed by atoms with van der Waals surface area (Å²) in [4.78, 5) is 18.5. The van der Waals surface area contributed by atoms with E-state index >= 15 is 0 Å². The lowest BCUT2D eigenvalue weighted by atomic mass is 10.1. The van der Waals surface area contributed by atoms with Gasteiger partial charge in [-0.3, -0.25) is 15.2 Å². The fourth-order valence-electron chi connectivity index (χ4n) is 5.60. The molecule has 1 amide bonds. The molecule has 3 aliphatic rings. The van der Waals surface area contributed by atoms with E-state index in [4.69, 9.17) is 14.2 Å². The van der Waals surface area contributed by atoms with Crippen LogP contribution < -0.4 is 34.3 Å². The van der Waals surface area contributed by atoms with E-state index in [-0.39, 0.29) is 19.1 Å². The smallest absolute Gasteiger partial charge is 0.269 e. The lowest BCUT2D eigenvalue weighted by Gasteiger charge is -2.19. The predicted molar refractivity (Wildman–Crippen MR) is 249 cm³/mol. The quantitative estimate of drug-likeness (QED) is 0.0571. The number of carbonyl (C=O) groups excluding carboxylic acids is 1. The molecule has 7 nitrogen and oxygen atoms in total. The number of thioether (sulfide) groups is 4. The Morgan fingerprint density at radius 2 is 1.22 bits per heavy atom. The van der Waals surface area contributed by atoms with E-state index in [2.05, 4.69) is 29.7 Å². The third-order valence-corrected chi connectivity index (χ3v) is 17.5. The standard InChI is InChI=1S/C45H45N3O4S6/c1-3-5-22-53-42-43(54-23-6-4-2)58-45(57-42)44-55-38-27-46-35(40(38)56-44)26-47-48-41(49)34-24-36(50-28-31-16-10-7-11-17-31)39(52-30-33-20-14-9-15-21-33)37(25-34)51-29-32-18-12-8-13-19-32/h7-21,24-27,47H,3-6,22-23,28-30H2,1-2H3,(H,48,49)/b35-26+. The Bertz CT molecular complexity index is 2390. The number of benzene rings is 4. The number of nitrogens with zero attached hydrogens (tertiary/aromatic N) is 1. The molecule has 0 radical (unpaired) electrons. The van der Waals surface area contributed by atoms with Crippen molar-refractivity contribution in [1.29, 1.82) is 0 Å². The molecule has 0 saturated carbocycles. The van der Waals surface area contributed by atoms with Crippen LogP contribution in [0.4, 0.5) is 0 Å². The van der Waals surface area contributed by atoms with Crippen LogP contribution in [0.5, 0.6) is 17.2 Å². The summed E-state index contributed by atoms with van der Waals surface area (Å²) in [5.41, 5.74) is 9.18. The van der Waals surface area contributed by atoms with Gasteiger partial charge in [-0.15, -0.1) is 46.2 Å². The Kier molecular flexibility index (Phi) is 15.9. The number of amides is 1. The number of hydrogen-bond acceptors (Lipinski definition) is 12. The molecule has 0 aliphatic carbocycles. The molecule has 0 atom stereocenters. The first-order valence-electron chi connectivity index (χ1n) is 19.3. The van der Waals surface area contributed by atoms with Crippen molar-refractivity contribution in [2.24, 2.45) is 0 Å². The van der Waals surface area contributed by atoms with Gasteiger partial charge in [0.2, 0.25) is 5.75 Å². The Hall–Kier alpha value is -3.98. The van der Waals surface area contributed by atoms with Crippen molar-refractivity contribution in [2.45, 2.75) is 59.4 Å². The van der Waals surface area contributed by atoms with Crippen LogP contribution in [-0.2, 0) is 19.8 Å². The van der Waals surface area contributed by atoms with E-state index in [9.17, 15) is 4.79 Å². The molecule has 0 fully saturated rings. The second-order valence-corrected chi connectivity index (χ2v) is 20.5. The number of unbranched alkanes of at least 4 members (excludes halogenated alkanes) is 2. The summed E-state index contributed by atoms with van der Waals surface area (Å²) in [6, 6.07) is 33.1. The van der Waals surface area contributed by atoms with E-state index in [1.54, 1.807) is 41.0 Å². The van der Waals surface area contributed by atoms with E-state index < -0.39 is 0 Å². The minimum Gasteiger partial charge on any atom is -0.485 e. The summed E-state index contributed by atoms with van der Waals surface area (Å²) in [7, 11) is 0. The Morgan fingerprint density at radius 3 is 1.74 bits per heavy atom. The van der Waals surface area contributed by atoms with Crippen molar-refractivity contribution in [3.8, 4) is 17.2 Å². The third-order valence-electron chi connectivity index (χ3n) is 8.72. The molecule has 0 saturated heterocycles. The van der Waals surface area contributed by atoms with Gasteiger partial charge in [-0.1, -0.05) is 141 Å². The third kappa shape index (κ3) is 11.6. The van der Waals surface area contributed by atoms with Crippen molar-refractivity contribution >= 4 is 86.1 Å². The van der Waals surface area contributed by atoms with Gasteiger partial charge in [0.05, 0.1) is 27.1 Å². The first-order chi connectivity index (χ1) is 28.6. The van der Waals surface area contributed by atoms with Crippen LogP contribution >= 0.6 is 69.7 Å². The van der Waals surface area contributed by atoms with Crippen molar-refractivity contribution < 1.29 is 19.0 Å². The molecule has 13 heteroatoms. The number of aromatic nitrogens is 1. The number of hydrazine groups is 1. The summed E-state index contributed by atoms with van der Waals surface area (Å²) >= 11 is 11.4. The number of rotatable bonds is 20. The highest BCUT2D eigenvalue weighted by Gasteiger charge is 2.24. The van der Waals surface area contributed by atoms with Gasteiger partial charge in [0.1, 0.15) is 23.7 Å². The second-order valence-electron chi connectivity index (χ2n) is 13.2. The minimum absolute atomic E-state index is 0.282. The lowest BCUT2D eigenvalue weighted by Crippen LogP contribution is -2.35. The second kappa shape index (κ2) is 21.9. The molecule has 300 valence electrons. The summed E-state index contributed by atoms with van der Waals surface area (Å²) < 4.78 is 26.9. The molecule has 3 heterocycles. The number of nitrogens with one attached hydrogen (secondary N) is 2. The molecule has 4 aromatic carbocycles. The van der Waals surface area contributed by atoms with Crippen LogP contribution in [0.2, 0.25) is 0 Å².